The van der Waals surface area contributed by atoms with Crippen LogP contribution in [0.3, 0.4) is 0 Å². The van der Waals surface area contributed by atoms with Crippen LogP contribution in [0.1, 0.15) is 24.0 Å². The van der Waals surface area contributed by atoms with Crippen LogP contribution in [-0.2, 0) is 22.6 Å². The van der Waals surface area contributed by atoms with E-state index in [0.717, 1.165) is 50.1 Å². The minimum absolute atomic E-state index is 0.0449. The third kappa shape index (κ3) is 5.50. The number of amides is 1. The first-order valence-electron chi connectivity index (χ1n) is 11.0. The molecule has 2 fully saturated rings. The number of likely N-dealkylation sites (tertiary alicyclic amines) is 1. The van der Waals surface area contributed by atoms with Gasteiger partial charge in [0, 0.05) is 46.3 Å². The van der Waals surface area contributed by atoms with Gasteiger partial charge in [0.1, 0.15) is 11.9 Å². The van der Waals surface area contributed by atoms with Gasteiger partial charge in [-0.2, -0.15) is 0 Å². The number of carbonyl (C=O) groups excluding carboxylic acids is 1. The van der Waals surface area contributed by atoms with E-state index in [0.29, 0.717) is 13.1 Å². The van der Waals surface area contributed by atoms with E-state index in [1.54, 1.807) is 4.90 Å². The van der Waals surface area contributed by atoms with Crippen LogP contribution >= 0.6 is 0 Å². The summed E-state index contributed by atoms with van der Waals surface area (Å²) < 4.78 is 19.7. The van der Waals surface area contributed by atoms with Crippen molar-refractivity contribution >= 4 is 5.91 Å². The quantitative estimate of drug-likeness (QED) is 0.738. The molecule has 166 valence electrons. The zero-order valence-electron chi connectivity index (χ0n) is 18.5. The van der Waals surface area contributed by atoms with Gasteiger partial charge in [-0.05, 0) is 43.1 Å². The number of carbonyl (C=O) groups is 1. The van der Waals surface area contributed by atoms with Gasteiger partial charge in [-0.25, -0.2) is 4.39 Å². The van der Waals surface area contributed by atoms with Crippen molar-refractivity contribution in [2.45, 2.75) is 37.6 Å². The van der Waals surface area contributed by atoms with Crippen LogP contribution in [0.15, 0.2) is 54.6 Å². The molecular formula is C25H32FN3O2. The van der Waals surface area contributed by atoms with Gasteiger partial charge in [0.05, 0.1) is 5.60 Å². The highest BCUT2D eigenvalue weighted by atomic mass is 19.1. The lowest BCUT2D eigenvalue weighted by atomic mass is 9.88. The molecule has 6 heteroatoms. The summed E-state index contributed by atoms with van der Waals surface area (Å²) in [7, 11) is 3.93. The molecule has 0 saturated carbocycles. The van der Waals surface area contributed by atoms with Gasteiger partial charge in [-0.15, -0.1) is 0 Å². The Bertz CT molecular complexity index is 866. The summed E-state index contributed by atoms with van der Waals surface area (Å²) in [5, 5.41) is 0. The second kappa shape index (κ2) is 9.47. The molecule has 0 N–H and O–H groups in total. The normalized spacial score (nSPS) is 21.8. The van der Waals surface area contributed by atoms with Crippen molar-refractivity contribution in [2.75, 3.05) is 40.3 Å². The maximum Gasteiger partial charge on any atom is 0.253 e. The lowest BCUT2D eigenvalue weighted by molar-refractivity contribution is -0.188. The Hall–Kier alpha value is -2.28. The topological polar surface area (TPSA) is 36.0 Å². The average molecular weight is 426 g/mol. The van der Waals surface area contributed by atoms with Gasteiger partial charge in [0.15, 0.2) is 0 Å². The number of likely N-dealkylation sites (N-methyl/N-ethyl adjacent to an activating group) is 2. The van der Waals surface area contributed by atoms with E-state index in [1.165, 1.54) is 12.1 Å². The predicted molar refractivity (Wildman–Crippen MR) is 119 cm³/mol. The summed E-state index contributed by atoms with van der Waals surface area (Å²) in [5.41, 5.74) is 1.96. The fourth-order valence-corrected chi connectivity index (χ4v) is 4.77. The third-order valence-electron chi connectivity index (χ3n) is 6.43. The largest absolute Gasteiger partial charge is 0.359 e. The van der Waals surface area contributed by atoms with Gasteiger partial charge < -0.3 is 14.5 Å². The lowest BCUT2D eigenvalue weighted by Crippen LogP contribution is -2.61. The molecule has 0 radical (unpaired) electrons. The summed E-state index contributed by atoms with van der Waals surface area (Å²) in [6.45, 7) is 4.69. The molecule has 2 aliphatic heterocycles. The van der Waals surface area contributed by atoms with Crippen LogP contribution in [0.2, 0.25) is 0 Å². The maximum absolute atomic E-state index is 13.2. The van der Waals surface area contributed by atoms with Crippen molar-refractivity contribution in [3.05, 3.63) is 71.5 Å². The Morgan fingerprint density at radius 3 is 2.45 bits per heavy atom. The molecule has 2 heterocycles. The highest BCUT2D eigenvalue weighted by Crippen LogP contribution is 2.33. The Kier molecular flexibility index (Phi) is 6.70. The number of piperidine rings is 1. The molecule has 2 aromatic rings. The monoisotopic (exact) mass is 425 g/mol. The molecule has 0 unspecified atom stereocenters. The first-order chi connectivity index (χ1) is 14.9. The van der Waals surface area contributed by atoms with Crippen LogP contribution < -0.4 is 0 Å². The van der Waals surface area contributed by atoms with Crippen molar-refractivity contribution in [3.63, 3.8) is 0 Å². The number of hydrogen-bond acceptors (Lipinski definition) is 4. The van der Waals surface area contributed by atoms with Crippen molar-refractivity contribution in [3.8, 4) is 0 Å². The first-order valence-corrected chi connectivity index (χ1v) is 11.0. The van der Waals surface area contributed by atoms with Crippen LogP contribution in [-0.4, -0.2) is 72.6 Å². The van der Waals surface area contributed by atoms with Gasteiger partial charge >= 0.3 is 0 Å². The van der Waals surface area contributed by atoms with Crippen molar-refractivity contribution in [2.24, 2.45) is 0 Å². The molecule has 5 nitrogen and oxygen atoms in total. The number of ether oxygens (including phenoxy) is 1. The predicted octanol–water partition coefficient (Wildman–Crippen LogP) is 3.15. The summed E-state index contributed by atoms with van der Waals surface area (Å²) in [6.07, 6.45) is 1.35. The molecule has 1 amide bonds. The van der Waals surface area contributed by atoms with Crippen LogP contribution in [0.4, 0.5) is 4.39 Å². The van der Waals surface area contributed by atoms with Crippen molar-refractivity contribution < 1.29 is 13.9 Å². The zero-order valence-corrected chi connectivity index (χ0v) is 18.5. The fourth-order valence-electron chi connectivity index (χ4n) is 4.77. The molecule has 2 saturated heterocycles. The standard InChI is InChI=1S/C25H32FN3O2/c1-27-18-23(24(30)28(2)16-20-6-4-3-5-7-20)31-25(19-27)12-14-29(15-13-25)17-21-8-10-22(26)11-9-21/h3-11,23H,12-19H2,1-2H3/t23-/m1/s1. The van der Waals surface area contributed by atoms with E-state index < -0.39 is 6.10 Å². The van der Waals surface area contributed by atoms with E-state index in [9.17, 15) is 9.18 Å². The second-order valence-electron chi connectivity index (χ2n) is 9.07. The molecule has 0 bridgehead atoms. The van der Waals surface area contributed by atoms with Gasteiger partial charge in [0.2, 0.25) is 0 Å². The minimum atomic E-state index is -0.434. The minimum Gasteiger partial charge on any atom is -0.359 e. The van der Waals surface area contributed by atoms with E-state index in [1.807, 2.05) is 49.5 Å². The number of nitrogens with zero attached hydrogens (tertiary/aromatic N) is 3. The second-order valence-corrected chi connectivity index (χ2v) is 9.07. The molecule has 2 aliphatic rings. The summed E-state index contributed by atoms with van der Waals surface area (Å²) in [4.78, 5) is 19.5. The first kappa shape index (κ1) is 21.9. The van der Waals surface area contributed by atoms with Gasteiger partial charge in [-0.1, -0.05) is 42.5 Å². The Labute approximate surface area is 184 Å². The van der Waals surface area contributed by atoms with E-state index in [4.69, 9.17) is 4.74 Å². The Morgan fingerprint density at radius 2 is 1.77 bits per heavy atom. The van der Waals surface area contributed by atoms with Crippen molar-refractivity contribution in [1.82, 2.24) is 14.7 Å². The zero-order chi connectivity index (χ0) is 21.8. The van der Waals surface area contributed by atoms with Crippen LogP contribution in [0.25, 0.3) is 0 Å². The number of benzene rings is 2. The molecule has 0 aliphatic carbocycles. The SMILES string of the molecule is CN1C[C@H](C(=O)N(C)Cc2ccccc2)OC2(CCN(Cc3ccc(F)cc3)CC2)C1. The molecule has 1 spiro atoms. The number of morpholine rings is 1. The third-order valence-corrected chi connectivity index (χ3v) is 6.43. The molecule has 2 aromatic carbocycles. The average Bonchev–Trinajstić information content (AvgIpc) is 2.77. The Balaban J connectivity index is 1.35. The molecule has 0 aromatic heterocycles. The van der Waals surface area contributed by atoms with E-state index >= 15 is 0 Å². The lowest BCUT2D eigenvalue weighted by Gasteiger charge is -2.49. The molecule has 31 heavy (non-hydrogen) atoms. The molecule has 4 rings (SSSR count). The summed E-state index contributed by atoms with van der Waals surface area (Å²) in [5.74, 6) is -0.156. The van der Waals surface area contributed by atoms with Crippen molar-refractivity contribution in [1.29, 1.82) is 0 Å². The number of rotatable bonds is 5. The number of hydrogen-bond donors (Lipinski definition) is 0. The van der Waals surface area contributed by atoms with E-state index in [2.05, 4.69) is 16.8 Å². The smallest absolute Gasteiger partial charge is 0.253 e. The van der Waals surface area contributed by atoms with Gasteiger partial charge in [-0.3, -0.25) is 9.69 Å². The van der Waals surface area contributed by atoms with Crippen LogP contribution in [0.5, 0.6) is 0 Å². The Morgan fingerprint density at radius 1 is 1.10 bits per heavy atom. The highest BCUT2D eigenvalue weighted by molar-refractivity contribution is 5.81. The summed E-state index contributed by atoms with van der Waals surface area (Å²) >= 11 is 0. The van der Waals surface area contributed by atoms with Gasteiger partial charge in [0.25, 0.3) is 5.91 Å². The number of halogens is 1. The van der Waals surface area contributed by atoms with Crippen LogP contribution in [0, 0.1) is 5.82 Å². The molecule has 1 atom stereocenters. The summed E-state index contributed by atoms with van der Waals surface area (Å²) in [6, 6.07) is 16.8. The maximum atomic E-state index is 13.2. The van der Waals surface area contributed by atoms with E-state index in [-0.39, 0.29) is 17.3 Å². The fraction of sp³-hybridized carbons (Fsp3) is 0.480. The highest BCUT2D eigenvalue weighted by Gasteiger charge is 2.44. The molecular weight excluding hydrogens is 393 g/mol.